The highest BCUT2D eigenvalue weighted by atomic mass is 16.7. The van der Waals surface area contributed by atoms with E-state index in [-0.39, 0.29) is 6.10 Å². The molecule has 0 saturated carbocycles. The van der Waals surface area contributed by atoms with Crippen LogP contribution in [-0.4, -0.2) is 29.7 Å². The first-order valence-corrected chi connectivity index (χ1v) is 4.16. The second-order valence-corrected chi connectivity index (χ2v) is 3.46. The van der Waals surface area contributed by atoms with Gasteiger partial charge in [0.1, 0.15) is 6.10 Å². The van der Waals surface area contributed by atoms with Crippen LogP contribution in [0.3, 0.4) is 0 Å². The maximum Gasteiger partial charge on any atom is 0.163 e. The van der Waals surface area contributed by atoms with Gasteiger partial charge >= 0.3 is 0 Å². The molecule has 3 heteroatoms. The van der Waals surface area contributed by atoms with Crippen molar-refractivity contribution in [2.24, 2.45) is 0 Å². The van der Waals surface area contributed by atoms with Crippen molar-refractivity contribution in [1.82, 2.24) is 0 Å². The van der Waals surface area contributed by atoms with Crippen LogP contribution in [-0.2, 0) is 9.47 Å². The molecule has 1 fully saturated rings. The van der Waals surface area contributed by atoms with Gasteiger partial charge in [0.2, 0.25) is 0 Å². The molecule has 0 aromatic carbocycles. The van der Waals surface area contributed by atoms with Crippen LogP contribution >= 0.6 is 0 Å². The van der Waals surface area contributed by atoms with Gasteiger partial charge < -0.3 is 14.6 Å². The van der Waals surface area contributed by atoms with E-state index in [0.29, 0.717) is 13.0 Å². The van der Waals surface area contributed by atoms with Crippen molar-refractivity contribution in [1.29, 1.82) is 0 Å². The number of aliphatic hydroxyl groups excluding tert-OH is 1. The average Bonchev–Trinajstić information content (AvgIpc) is 2.31. The molecule has 3 nitrogen and oxygen atoms in total. The Kier molecular flexibility index (Phi) is 2.88. The van der Waals surface area contributed by atoms with Gasteiger partial charge in [-0.3, -0.25) is 0 Å². The van der Waals surface area contributed by atoms with Crippen LogP contribution in [0.4, 0.5) is 0 Å². The molecule has 2 atom stereocenters. The Bertz CT molecular complexity index is 165. The zero-order valence-electron chi connectivity index (χ0n) is 7.62. The van der Waals surface area contributed by atoms with Crippen LogP contribution in [0.2, 0.25) is 0 Å². The van der Waals surface area contributed by atoms with Gasteiger partial charge in [-0.05, 0) is 20.3 Å². The Balaban J connectivity index is 2.40. The summed E-state index contributed by atoms with van der Waals surface area (Å²) >= 11 is 0. The topological polar surface area (TPSA) is 38.7 Å². The van der Waals surface area contributed by atoms with Crippen LogP contribution < -0.4 is 0 Å². The maximum absolute atomic E-state index is 9.50. The number of aliphatic hydroxyl groups is 1. The standard InChI is InChI=1S/C9H16O3/c1-4-5-7(10)8-6-11-9(2,3)12-8/h4,7-8,10H,1,5-6H2,2-3H3/t7-,8-/m1/s1. The molecule has 12 heavy (non-hydrogen) atoms. The zero-order valence-corrected chi connectivity index (χ0v) is 7.62. The quantitative estimate of drug-likeness (QED) is 0.647. The minimum atomic E-state index is -0.549. The maximum atomic E-state index is 9.50. The third-order valence-electron chi connectivity index (χ3n) is 1.87. The lowest BCUT2D eigenvalue weighted by atomic mass is 10.1. The monoisotopic (exact) mass is 172 g/mol. The molecule has 0 aliphatic carbocycles. The lowest BCUT2D eigenvalue weighted by molar-refractivity contribution is -0.150. The van der Waals surface area contributed by atoms with Crippen LogP contribution in [0.5, 0.6) is 0 Å². The van der Waals surface area contributed by atoms with Gasteiger partial charge in [-0.2, -0.15) is 0 Å². The highest BCUT2D eigenvalue weighted by Gasteiger charge is 2.36. The molecular weight excluding hydrogens is 156 g/mol. The second kappa shape index (κ2) is 3.56. The molecule has 0 bridgehead atoms. The summed E-state index contributed by atoms with van der Waals surface area (Å²) in [6, 6.07) is 0. The van der Waals surface area contributed by atoms with Gasteiger partial charge in [0, 0.05) is 0 Å². The van der Waals surface area contributed by atoms with Crippen LogP contribution in [0.1, 0.15) is 20.3 Å². The van der Waals surface area contributed by atoms with E-state index in [1.807, 2.05) is 13.8 Å². The highest BCUT2D eigenvalue weighted by Crippen LogP contribution is 2.24. The summed E-state index contributed by atoms with van der Waals surface area (Å²) < 4.78 is 10.7. The first kappa shape index (κ1) is 9.71. The van der Waals surface area contributed by atoms with Crippen LogP contribution in [0.15, 0.2) is 12.7 Å². The van der Waals surface area contributed by atoms with E-state index in [2.05, 4.69) is 6.58 Å². The fourth-order valence-electron chi connectivity index (χ4n) is 1.23. The summed E-state index contributed by atoms with van der Waals surface area (Å²) in [6.45, 7) is 7.69. The largest absolute Gasteiger partial charge is 0.390 e. The average molecular weight is 172 g/mol. The van der Waals surface area contributed by atoms with Crippen molar-refractivity contribution in [3.63, 3.8) is 0 Å². The zero-order chi connectivity index (χ0) is 9.19. The van der Waals surface area contributed by atoms with E-state index in [1.165, 1.54) is 0 Å². The van der Waals surface area contributed by atoms with Crippen molar-refractivity contribution in [2.75, 3.05) is 6.61 Å². The smallest absolute Gasteiger partial charge is 0.163 e. The van der Waals surface area contributed by atoms with Crippen molar-refractivity contribution in [3.8, 4) is 0 Å². The van der Waals surface area contributed by atoms with Crippen molar-refractivity contribution in [2.45, 2.75) is 38.3 Å². The lowest BCUT2D eigenvalue weighted by Gasteiger charge is -2.19. The Labute approximate surface area is 73.0 Å². The highest BCUT2D eigenvalue weighted by molar-refractivity contribution is 4.82. The first-order chi connectivity index (χ1) is 5.55. The van der Waals surface area contributed by atoms with Crippen LogP contribution in [0.25, 0.3) is 0 Å². The van der Waals surface area contributed by atoms with E-state index < -0.39 is 11.9 Å². The van der Waals surface area contributed by atoms with Gasteiger partial charge in [-0.25, -0.2) is 0 Å². The molecule has 1 aliphatic heterocycles. The first-order valence-electron chi connectivity index (χ1n) is 4.16. The predicted molar refractivity (Wildman–Crippen MR) is 45.7 cm³/mol. The number of ether oxygens (including phenoxy) is 2. The Morgan fingerprint density at radius 1 is 1.75 bits per heavy atom. The van der Waals surface area contributed by atoms with Crippen molar-refractivity contribution in [3.05, 3.63) is 12.7 Å². The van der Waals surface area contributed by atoms with E-state index in [1.54, 1.807) is 6.08 Å². The van der Waals surface area contributed by atoms with E-state index in [9.17, 15) is 5.11 Å². The summed E-state index contributed by atoms with van der Waals surface area (Å²) in [5.41, 5.74) is 0. The van der Waals surface area contributed by atoms with Gasteiger partial charge in [0.15, 0.2) is 5.79 Å². The van der Waals surface area contributed by atoms with Gasteiger partial charge in [0.25, 0.3) is 0 Å². The number of hydrogen-bond acceptors (Lipinski definition) is 3. The normalized spacial score (nSPS) is 30.1. The molecule has 0 radical (unpaired) electrons. The SMILES string of the molecule is C=CC[C@@H](O)[C@H]1COC(C)(C)O1. The van der Waals surface area contributed by atoms with Crippen molar-refractivity contribution >= 4 is 0 Å². The van der Waals surface area contributed by atoms with E-state index in [0.717, 1.165) is 0 Å². The molecule has 0 unspecified atom stereocenters. The number of hydrogen-bond donors (Lipinski definition) is 1. The van der Waals surface area contributed by atoms with Crippen LogP contribution in [0, 0.1) is 0 Å². The van der Waals surface area contributed by atoms with E-state index >= 15 is 0 Å². The fourth-order valence-corrected chi connectivity index (χ4v) is 1.23. The molecule has 0 spiro atoms. The summed E-state index contributed by atoms with van der Waals surface area (Å²) in [7, 11) is 0. The molecule has 0 amide bonds. The molecule has 0 aromatic heterocycles. The third-order valence-corrected chi connectivity index (χ3v) is 1.87. The van der Waals surface area contributed by atoms with Gasteiger partial charge in [-0.15, -0.1) is 6.58 Å². The Morgan fingerprint density at radius 3 is 2.83 bits per heavy atom. The van der Waals surface area contributed by atoms with E-state index in [4.69, 9.17) is 9.47 Å². The summed E-state index contributed by atoms with van der Waals surface area (Å²) in [5, 5.41) is 9.50. The van der Waals surface area contributed by atoms with Crippen molar-refractivity contribution < 1.29 is 14.6 Å². The van der Waals surface area contributed by atoms with Gasteiger partial charge in [0.05, 0.1) is 12.7 Å². The minimum Gasteiger partial charge on any atom is -0.390 e. The fraction of sp³-hybridized carbons (Fsp3) is 0.778. The predicted octanol–water partition coefficient (Wildman–Crippen LogP) is 1.07. The Hall–Kier alpha value is -0.380. The minimum absolute atomic E-state index is 0.210. The third kappa shape index (κ3) is 2.30. The van der Waals surface area contributed by atoms with Gasteiger partial charge in [-0.1, -0.05) is 6.08 Å². The molecule has 1 heterocycles. The Morgan fingerprint density at radius 2 is 2.42 bits per heavy atom. The second-order valence-electron chi connectivity index (χ2n) is 3.46. The summed E-state index contributed by atoms with van der Waals surface area (Å²) in [6.07, 6.45) is 1.52. The molecule has 1 N–H and O–H groups in total. The summed E-state index contributed by atoms with van der Waals surface area (Å²) in [4.78, 5) is 0. The molecule has 70 valence electrons. The molecule has 1 rings (SSSR count). The lowest BCUT2D eigenvalue weighted by Crippen LogP contribution is -2.30. The molecular formula is C9H16O3. The molecule has 1 aliphatic rings. The number of rotatable bonds is 3. The molecule has 0 aromatic rings. The molecule has 1 saturated heterocycles. The summed E-state index contributed by atoms with van der Waals surface area (Å²) in [5.74, 6) is -0.549.